The van der Waals surface area contributed by atoms with Crippen molar-refractivity contribution in [2.45, 2.75) is 45.6 Å². The summed E-state index contributed by atoms with van der Waals surface area (Å²) in [7, 11) is 0. The Kier molecular flexibility index (Phi) is 7.71. The first-order chi connectivity index (χ1) is 13.7. The van der Waals surface area contributed by atoms with Crippen molar-refractivity contribution in [1.82, 2.24) is 10.6 Å². The van der Waals surface area contributed by atoms with Crippen molar-refractivity contribution < 1.29 is 9.13 Å². The molecule has 0 amide bonds. The third-order valence-corrected chi connectivity index (χ3v) is 5.31. The van der Waals surface area contributed by atoms with Crippen molar-refractivity contribution >= 4 is 11.6 Å². The average Bonchev–Trinajstić information content (AvgIpc) is 2.71. The molecule has 154 valence electrons. The molecule has 5 nitrogen and oxygen atoms in total. The number of hydrogen-bond acceptors (Lipinski definition) is 3. The Morgan fingerprint density at radius 3 is 3.07 bits per heavy atom. The van der Waals surface area contributed by atoms with Gasteiger partial charge in [-0.25, -0.2) is 4.39 Å². The third kappa shape index (κ3) is 5.96. The molecule has 1 saturated heterocycles. The molecule has 0 saturated carbocycles. The van der Waals surface area contributed by atoms with Crippen molar-refractivity contribution in [3.8, 4) is 0 Å². The summed E-state index contributed by atoms with van der Waals surface area (Å²) in [6, 6.07) is 5.59. The second-order valence-corrected chi connectivity index (χ2v) is 7.58. The fourth-order valence-electron chi connectivity index (χ4n) is 3.80. The van der Waals surface area contributed by atoms with Gasteiger partial charge in [-0.15, -0.1) is 0 Å². The smallest absolute Gasteiger partial charge is 0.191 e. The zero-order valence-corrected chi connectivity index (χ0v) is 17.1. The molecule has 1 aromatic rings. The predicted molar refractivity (Wildman–Crippen MR) is 114 cm³/mol. The highest BCUT2D eigenvalue weighted by Gasteiger charge is 2.23. The van der Waals surface area contributed by atoms with Gasteiger partial charge in [0.05, 0.1) is 18.9 Å². The summed E-state index contributed by atoms with van der Waals surface area (Å²) in [5.41, 5.74) is 3.23. The van der Waals surface area contributed by atoms with Crippen LogP contribution in [0.2, 0.25) is 0 Å². The van der Waals surface area contributed by atoms with Crippen LogP contribution in [0.15, 0.2) is 34.8 Å². The first kappa shape index (κ1) is 20.6. The van der Waals surface area contributed by atoms with Gasteiger partial charge in [0, 0.05) is 32.2 Å². The fraction of sp³-hybridized carbons (Fsp3) is 0.591. The minimum atomic E-state index is -0.142. The molecular weight excluding hydrogens is 355 g/mol. The lowest BCUT2D eigenvalue weighted by Gasteiger charge is -2.35. The van der Waals surface area contributed by atoms with E-state index in [0.717, 1.165) is 76.6 Å². The number of aliphatic imine (C=N–C) groups is 1. The summed E-state index contributed by atoms with van der Waals surface area (Å²) in [5.74, 6) is 0.711. The molecule has 0 spiro atoms. The van der Waals surface area contributed by atoms with Crippen LogP contribution in [0.5, 0.6) is 0 Å². The van der Waals surface area contributed by atoms with E-state index in [1.165, 1.54) is 5.57 Å². The lowest BCUT2D eigenvalue weighted by atomic mass is 10.0. The molecule has 1 unspecified atom stereocenters. The van der Waals surface area contributed by atoms with Crippen molar-refractivity contribution in [3.63, 3.8) is 0 Å². The van der Waals surface area contributed by atoms with Crippen molar-refractivity contribution in [2.24, 2.45) is 4.99 Å². The van der Waals surface area contributed by atoms with Gasteiger partial charge in [0.25, 0.3) is 0 Å². The molecule has 1 aromatic carbocycles. The number of hydrogen-bond donors (Lipinski definition) is 2. The number of guanidine groups is 1. The molecule has 6 heteroatoms. The number of nitrogens with zero attached hydrogens (tertiary/aromatic N) is 2. The van der Waals surface area contributed by atoms with Gasteiger partial charge >= 0.3 is 0 Å². The summed E-state index contributed by atoms with van der Waals surface area (Å²) >= 11 is 0. The highest BCUT2D eigenvalue weighted by Crippen LogP contribution is 2.24. The number of ether oxygens (including phenoxy) is 1. The minimum Gasteiger partial charge on any atom is -0.377 e. The lowest BCUT2D eigenvalue weighted by Crippen LogP contribution is -2.51. The number of nitrogens with one attached hydrogen (secondary N) is 2. The Hall–Kier alpha value is -2.08. The van der Waals surface area contributed by atoms with E-state index in [4.69, 9.17) is 9.73 Å². The molecule has 2 aliphatic heterocycles. The molecule has 2 aliphatic rings. The van der Waals surface area contributed by atoms with Crippen LogP contribution in [-0.2, 0) is 4.74 Å². The lowest BCUT2D eigenvalue weighted by molar-refractivity contribution is 0.153. The topological polar surface area (TPSA) is 48.9 Å². The SMILES string of the molecule is CCNC(=NCCC1=CCOCC1)NC1CCCN(c2cc(C)ccc2F)C1. The molecule has 0 aromatic heterocycles. The summed E-state index contributed by atoms with van der Waals surface area (Å²) in [6.45, 7) is 8.90. The van der Waals surface area contributed by atoms with Crippen LogP contribution in [0.3, 0.4) is 0 Å². The van der Waals surface area contributed by atoms with Crippen molar-refractivity contribution in [1.29, 1.82) is 0 Å². The summed E-state index contributed by atoms with van der Waals surface area (Å²) < 4.78 is 19.7. The average molecular weight is 389 g/mol. The fourth-order valence-corrected chi connectivity index (χ4v) is 3.80. The molecule has 0 aliphatic carbocycles. The molecule has 2 heterocycles. The predicted octanol–water partition coefficient (Wildman–Crippen LogP) is 3.39. The highest BCUT2D eigenvalue weighted by molar-refractivity contribution is 5.80. The molecule has 28 heavy (non-hydrogen) atoms. The molecule has 2 N–H and O–H groups in total. The van der Waals surface area contributed by atoms with Gasteiger partial charge in [-0.05, 0) is 57.2 Å². The number of benzene rings is 1. The zero-order chi connectivity index (χ0) is 19.8. The Morgan fingerprint density at radius 1 is 1.39 bits per heavy atom. The van der Waals surface area contributed by atoms with Crippen LogP contribution >= 0.6 is 0 Å². The van der Waals surface area contributed by atoms with Gasteiger partial charge in [0.1, 0.15) is 5.82 Å². The normalized spacial score (nSPS) is 20.7. The highest BCUT2D eigenvalue weighted by atomic mass is 19.1. The number of anilines is 1. The van der Waals surface area contributed by atoms with E-state index in [1.54, 1.807) is 6.07 Å². The Balaban J connectivity index is 1.58. The van der Waals surface area contributed by atoms with E-state index in [1.807, 2.05) is 19.1 Å². The van der Waals surface area contributed by atoms with Crippen LogP contribution in [0.4, 0.5) is 10.1 Å². The Labute approximate surface area is 168 Å². The van der Waals surface area contributed by atoms with E-state index >= 15 is 0 Å². The van der Waals surface area contributed by atoms with Gasteiger partial charge in [0.15, 0.2) is 5.96 Å². The Bertz CT molecular complexity index is 704. The largest absolute Gasteiger partial charge is 0.377 e. The molecule has 3 rings (SSSR count). The monoisotopic (exact) mass is 388 g/mol. The van der Waals surface area contributed by atoms with E-state index in [9.17, 15) is 4.39 Å². The first-order valence-electron chi connectivity index (χ1n) is 10.5. The number of aryl methyl sites for hydroxylation is 1. The Morgan fingerprint density at radius 2 is 2.29 bits per heavy atom. The molecule has 1 fully saturated rings. The van der Waals surface area contributed by atoms with Gasteiger partial charge < -0.3 is 20.3 Å². The van der Waals surface area contributed by atoms with Crippen LogP contribution in [0, 0.1) is 12.7 Å². The summed E-state index contributed by atoms with van der Waals surface area (Å²) in [4.78, 5) is 6.90. The maximum atomic E-state index is 14.3. The number of rotatable bonds is 6. The van der Waals surface area contributed by atoms with E-state index in [0.29, 0.717) is 5.69 Å². The molecule has 1 atom stereocenters. The van der Waals surface area contributed by atoms with Crippen LogP contribution in [0.25, 0.3) is 0 Å². The standard InChI is InChI=1S/C22H33FN4O/c1-3-24-22(25-11-8-18-9-13-28-14-10-18)26-19-5-4-12-27(16-19)21-15-17(2)6-7-20(21)23/h6-7,9,15,19H,3-5,8,10-14,16H2,1-2H3,(H2,24,25,26). The summed E-state index contributed by atoms with van der Waals surface area (Å²) in [5, 5.41) is 6.90. The van der Waals surface area contributed by atoms with Crippen LogP contribution in [0.1, 0.15) is 38.2 Å². The van der Waals surface area contributed by atoms with Gasteiger partial charge in [-0.2, -0.15) is 0 Å². The third-order valence-electron chi connectivity index (χ3n) is 5.31. The van der Waals surface area contributed by atoms with Gasteiger partial charge in [-0.3, -0.25) is 4.99 Å². The number of halogens is 1. The van der Waals surface area contributed by atoms with E-state index in [-0.39, 0.29) is 11.9 Å². The van der Waals surface area contributed by atoms with E-state index < -0.39 is 0 Å². The summed E-state index contributed by atoms with van der Waals surface area (Å²) in [6.07, 6.45) is 6.27. The quantitative estimate of drug-likeness (QED) is 0.446. The van der Waals surface area contributed by atoms with Crippen LogP contribution < -0.4 is 15.5 Å². The second kappa shape index (κ2) is 10.5. The second-order valence-electron chi connectivity index (χ2n) is 7.58. The van der Waals surface area contributed by atoms with Gasteiger partial charge in [0.2, 0.25) is 0 Å². The van der Waals surface area contributed by atoms with Crippen molar-refractivity contribution in [3.05, 3.63) is 41.2 Å². The molecular formula is C22H33FN4O. The van der Waals surface area contributed by atoms with E-state index in [2.05, 4.69) is 28.5 Å². The number of piperidine rings is 1. The first-order valence-corrected chi connectivity index (χ1v) is 10.5. The minimum absolute atomic E-state index is 0.142. The van der Waals surface area contributed by atoms with Crippen molar-refractivity contribution in [2.75, 3.05) is 44.3 Å². The maximum absolute atomic E-state index is 14.3. The zero-order valence-electron chi connectivity index (χ0n) is 17.1. The molecule has 0 radical (unpaired) electrons. The maximum Gasteiger partial charge on any atom is 0.191 e. The van der Waals surface area contributed by atoms with Gasteiger partial charge in [-0.1, -0.05) is 17.7 Å². The molecule has 0 bridgehead atoms. The van der Waals surface area contributed by atoms with Crippen LogP contribution in [-0.4, -0.2) is 51.4 Å².